The molecule has 0 unspecified atom stereocenters. The van der Waals surface area contributed by atoms with Crippen LogP contribution in [0.2, 0.25) is 10.0 Å². The van der Waals surface area contributed by atoms with E-state index in [-0.39, 0.29) is 23.4 Å². The van der Waals surface area contributed by atoms with Gasteiger partial charge in [-0.05, 0) is 55.3 Å². The molecule has 1 aliphatic heterocycles. The molecular formula is C32H33Cl2N5O3. The van der Waals surface area contributed by atoms with Crippen LogP contribution < -0.4 is 5.32 Å². The van der Waals surface area contributed by atoms with E-state index in [1.807, 2.05) is 60.2 Å². The molecule has 0 bridgehead atoms. The van der Waals surface area contributed by atoms with Crippen LogP contribution in [-0.4, -0.2) is 77.1 Å². The molecular weight excluding hydrogens is 573 g/mol. The van der Waals surface area contributed by atoms with Gasteiger partial charge in [-0.25, -0.2) is 4.98 Å². The Hall–Kier alpha value is -3.69. The Morgan fingerprint density at radius 2 is 1.74 bits per heavy atom. The number of amides is 2. The number of hydrogen-bond donors (Lipinski definition) is 1. The summed E-state index contributed by atoms with van der Waals surface area (Å²) in [5, 5.41) is 3.63. The highest BCUT2D eigenvalue weighted by Crippen LogP contribution is 2.26. The van der Waals surface area contributed by atoms with Gasteiger partial charge in [0, 0.05) is 48.6 Å². The number of nitrogens with zero attached hydrogens (tertiary/aromatic N) is 4. The van der Waals surface area contributed by atoms with Gasteiger partial charge in [0.25, 0.3) is 5.91 Å². The lowest BCUT2D eigenvalue weighted by Gasteiger charge is -2.30. The SMILES string of the molecule is Cc1ccc(-n2cc(-c3ccccc3)nc2NC(=O)CN(CCN2CCOCC2)C(=O)c2ccc(Cl)cc2Cl)cc1C. The van der Waals surface area contributed by atoms with Gasteiger partial charge in [0.15, 0.2) is 0 Å². The highest BCUT2D eigenvalue weighted by molar-refractivity contribution is 6.36. The molecule has 218 valence electrons. The Kier molecular flexibility index (Phi) is 9.59. The Morgan fingerprint density at radius 1 is 0.976 bits per heavy atom. The van der Waals surface area contributed by atoms with Gasteiger partial charge < -0.3 is 9.64 Å². The van der Waals surface area contributed by atoms with Gasteiger partial charge >= 0.3 is 0 Å². The van der Waals surface area contributed by atoms with Crippen LogP contribution in [0.5, 0.6) is 0 Å². The number of benzene rings is 3. The monoisotopic (exact) mass is 605 g/mol. The fourth-order valence-corrected chi connectivity index (χ4v) is 5.29. The fraction of sp³-hybridized carbons (Fsp3) is 0.281. The lowest BCUT2D eigenvalue weighted by Crippen LogP contribution is -2.45. The average Bonchev–Trinajstić information content (AvgIpc) is 3.41. The van der Waals surface area contributed by atoms with Crippen LogP contribution in [0.4, 0.5) is 5.95 Å². The number of aryl methyl sites for hydroxylation is 2. The van der Waals surface area contributed by atoms with E-state index < -0.39 is 0 Å². The molecule has 1 aromatic heterocycles. The third kappa shape index (κ3) is 7.20. The van der Waals surface area contributed by atoms with Gasteiger partial charge in [0.1, 0.15) is 6.54 Å². The first-order valence-electron chi connectivity index (χ1n) is 13.8. The second kappa shape index (κ2) is 13.5. The van der Waals surface area contributed by atoms with E-state index in [1.165, 1.54) is 16.5 Å². The maximum atomic E-state index is 13.6. The molecule has 4 aromatic rings. The van der Waals surface area contributed by atoms with Gasteiger partial charge in [-0.15, -0.1) is 0 Å². The van der Waals surface area contributed by atoms with Crippen LogP contribution in [0.3, 0.4) is 0 Å². The van der Waals surface area contributed by atoms with Crippen LogP contribution in [-0.2, 0) is 9.53 Å². The third-order valence-electron chi connectivity index (χ3n) is 7.37. The van der Waals surface area contributed by atoms with Crippen molar-refractivity contribution >= 4 is 41.0 Å². The molecule has 1 saturated heterocycles. The third-order valence-corrected chi connectivity index (χ3v) is 7.92. The summed E-state index contributed by atoms with van der Waals surface area (Å²) in [4.78, 5) is 35.7. The summed E-state index contributed by atoms with van der Waals surface area (Å²) in [6.45, 7) is 7.69. The molecule has 10 heteroatoms. The zero-order valence-corrected chi connectivity index (χ0v) is 25.2. The van der Waals surface area contributed by atoms with Gasteiger partial charge in [0.05, 0.1) is 29.5 Å². The predicted molar refractivity (Wildman–Crippen MR) is 167 cm³/mol. The zero-order chi connectivity index (χ0) is 29.6. The lowest BCUT2D eigenvalue weighted by atomic mass is 10.1. The van der Waals surface area contributed by atoms with Crippen molar-refractivity contribution in [3.63, 3.8) is 0 Å². The maximum Gasteiger partial charge on any atom is 0.255 e. The van der Waals surface area contributed by atoms with Crippen molar-refractivity contribution in [3.05, 3.63) is 99.7 Å². The first-order chi connectivity index (χ1) is 20.3. The summed E-state index contributed by atoms with van der Waals surface area (Å²) in [5.74, 6) is -0.347. The van der Waals surface area contributed by atoms with Crippen molar-refractivity contribution in [3.8, 4) is 16.9 Å². The number of nitrogens with one attached hydrogen (secondary N) is 1. The maximum absolute atomic E-state index is 13.6. The summed E-state index contributed by atoms with van der Waals surface area (Å²) in [5.41, 5.74) is 5.10. The van der Waals surface area contributed by atoms with E-state index in [4.69, 9.17) is 32.9 Å². The van der Waals surface area contributed by atoms with E-state index in [2.05, 4.69) is 23.2 Å². The van der Waals surface area contributed by atoms with Crippen LogP contribution >= 0.6 is 23.2 Å². The normalized spacial score (nSPS) is 13.6. The minimum absolute atomic E-state index is 0.178. The number of ether oxygens (including phenoxy) is 1. The molecule has 0 atom stereocenters. The van der Waals surface area contributed by atoms with Crippen molar-refractivity contribution in [1.82, 2.24) is 19.4 Å². The van der Waals surface area contributed by atoms with Gasteiger partial charge in [0.2, 0.25) is 11.9 Å². The molecule has 0 radical (unpaired) electrons. The summed E-state index contributed by atoms with van der Waals surface area (Å²) in [7, 11) is 0. The topological polar surface area (TPSA) is 79.7 Å². The Bertz CT molecular complexity index is 1570. The van der Waals surface area contributed by atoms with Crippen molar-refractivity contribution in [1.29, 1.82) is 0 Å². The quantitative estimate of drug-likeness (QED) is 0.258. The summed E-state index contributed by atoms with van der Waals surface area (Å²) in [6, 6.07) is 20.6. The highest BCUT2D eigenvalue weighted by Gasteiger charge is 2.24. The molecule has 1 aliphatic rings. The average molecular weight is 607 g/mol. The van der Waals surface area contributed by atoms with Crippen molar-refractivity contribution < 1.29 is 14.3 Å². The van der Waals surface area contributed by atoms with Gasteiger partial charge in [-0.2, -0.15) is 0 Å². The predicted octanol–water partition coefficient (Wildman–Crippen LogP) is 5.88. The molecule has 1 N–H and O–H groups in total. The molecule has 42 heavy (non-hydrogen) atoms. The van der Waals surface area contributed by atoms with E-state index in [9.17, 15) is 9.59 Å². The summed E-state index contributed by atoms with van der Waals surface area (Å²) < 4.78 is 7.31. The van der Waals surface area contributed by atoms with E-state index in [0.717, 1.165) is 35.6 Å². The molecule has 0 saturated carbocycles. The molecule has 2 amide bonds. The van der Waals surface area contributed by atoms with Crippen LogP contribution in [0.15, 0.2) is 72.9 Å². The van der Waals surface area contributed by atoms with Crippen LogP contribution in [0.25, 0.3) is 16.9 Å². The molecule has 0 spiro atoms. The fourth-order valence-electron chi connectivity index (χ4n) is 4.80. The Balaban J connectivity index is 1.41. The van der Waals surface area contributed by atoms with E-state index in [1.54, 1.807) is 12.1 Å². The number of imidazole rings is 1. The van der Waals surface area contributed by atoms with Crippen molar-refractivity contribution in [2.45, 2.75) is 13.8 Å². The first-order valence-corrected chi connectivity index (χ1v) is 14.6. The largest absolute Gasteiger partial charge is 0.379 e. The molecule has 8 nitrogen and oxygen atoms in total. The zero-order valence-electron chi connectivity index (χ0n) is 23.6. The number of halogens is 2. The number of carbonyl (C=O) groups is 2. The number of rotatable bonds is 9. The highest BCUT2D eigenvalue weighted by atomic mass is 35.5. The minimum atomic E-state index is -0.370. The number of carbonyl (C=O) groups excluding carboxylic acids is 2. The second-order valence-corrected chi connectivity index (χ2v) is 11.2. The number of hydrogen-bond acceptors (Lipinski definition) is 5. The molecule has 3 aromatic carbocycles. The number of morpholine rings is 1. The number of anilines is 1. The van der Waals surface area contributed by atoms with Crippen molar-refractivity contribution in [2.75, 3.05) is 51.3 Å². The standard InChI is InChI=1S/C32H33Cl2N5O3/c1-22-8-10-26(18-23(22)2)39-20-29(24-6-4-3-5-7-24)35-32(39)36-30(40)21-38(13-12-37-14-16-42-17-15-37)31(41)27-11-9-25(33)19-28(27)34/h3-11,18-20H,12-17,21H2,1-2H3,(H,35,36,40). The van der Waals surface area contributed by atoms with E-state index in [0.29, 0.717) is 42.8 Å². The molecule has 2 heterocycles. The lowest BCUT2D eigenvalue weighted by molar-refractivity contribution is -0.117. The molecule has 0 aliphatic carbocycles. The summed E-state index contributed by atoms with van der Waals surface area (Å²) in [6.07, 6.45) is 1.91. The van der Waals surface area contributed by atoms with E-state index >= 15 is 0 Å². The minimum Gasteiger partial charge on any atom is -0.379 e. The van der Waals surface area contributed by atoms with Crippen LogP contribution in [0.1, 0.15) is 21.5 Å². The second-order valence-electron chi connectivity index (χ2n) is 10.3. The Labute approximate surface area is 255 Å². The van der Waals surface area contributed by atoms with Crippen molar-refractivity contribution in [2.24, 2.45) is 0 Å². The van der Waals surface area contributed by atoms with Crippen LogP contribution in [0, 0.1) is 13.8 Å². The molecule has 1 fully saturated rings. The van der Waals surface area contributed by atoms with Gasteiger partial charge in [-0.3, -0.25) is 24.4 Å². The Morgan fingerprint density at radius 3 is 2.45 bits per heavy atom. The first kappa shape index (κ1) is 29.8. The molecule has 5 rings (SSSR count). The van der Waals surface area contributed by atoms with Gasteiger partial charge in [-0.1, -0.05) is 59.6 Å². The number of aromatic nitrogens is 2. The summed E-state index contributed by atoms with van der Waals surface area (Å²) >= 11 is 12.5. The smallest absolute Gasteiger partial charge is 0.255 e.